The van der Waals surface area contributed by atoms with E-state index in [1.165, 1.54) is 23.3 Å². The van der Waals surface area contributed by atoms with Gasteiger partial charge in [-0.3, -0.25) is 9.91 Å². The molecule has 1 aromatic rings. The zero-order valence-electron chi connectivity index (χ0n) is 9.13. The van der Waals surface area contributed by atoms with Crippen molar-refractivity contribution in [3.63, 3.8) is 0 Å². The van der Waals surface area contributed by atoms with E-state index in [0.29, 0.717) is 23.5 Å². The van der Waals surface area contributed by atoms with Crippen molar-refractivity contribution >= 4 is 22.5 Å². The summed E-state index contributed by atoms with van der Waals surface area (Å²) in [6.07, 6.45) is 0.909. The summed E-state index contributed by atoms with van der Waals surface area (Å²) in [5, 5.41) is 10.3. The summed E-state index contributed by atoms with van der Waals surface area (Å²) in [4.78, 5) is 13.4. The number of methoxy groups -OCH3 is 1. The van der Waals surface area contributed by atoms with Crippen molar-refractivity contribution in [2.45, 2.75) is 13.3 Å². The van der Waals surface area contributed by atoms with E-state index >= 15 is 0 Å². The van der Waals surface area contributed by atoms with Gasteiger partial charge in [-0.15, -0.1) is 5.10 Å². The fourth-order valence-corrected chi connectivity index (χ4v) is 2.03. The van der Waals surface area contributed by atoms with Crippen molar-refractivity contribution in [1.29, 1.82) is 0 Å². The quantitative estimate of drug-likeness (QED) is 0.841. The molecule has 2 rings (SSSR count). The molecule has 0 bridgehead atoms. The predicted octanol–water partition coefficient (Wildman–Crippen LogP) is 0.661. The molecule has 0 aliphatic carbocycles. The van der Waals surface area contributed by atoms with Gasteiger partial charge in [0.2, 0.25) is 5.13 Å². The van der Waals surface area contributed by atoms with Crippen LogP contribution in [0.15, 0.2) is 0 Å². The molecule has 16 heavy (non-hydrogen) atoms. The van der Waals surface area contributed by atoms with Crippen LogP contribution in [-0.4, -0.2) is 41.6 Å². The number of urea groups is 1. The molecule has 88 valence electrons. The summed E-state index contributed by atoms with van der Waals surface area (Å²) in [7, 11) is 1.53. The van der Waals surface area contributed by atoms with Crippen molar-refractivity contribution in [3.05, 3.63) is 0 Å². The summed E-state index contributed by atoms with van der Waals surface area (Å²) < 4.78 is 4.94. The molecule has 2 amide bonds. The number of nitrogens with zero attached hydrogens (tertiary/aromatic N) is 4. The van der Waals surface area contributed by atoms with Crippen LogP contribution in [-0.2, 0) is 0 Å². The summed E-state index contributed by atoms with van der Waals surface area (Å²) in [5.74, 6) is 0. The van der Waals surface area contributed by atoms with Crippen molar-refractivity contribution in [2.75, 3.05) is 25.2 Å². The molecule has 1 N–H and O–H groups in total. The molecule has 1 saturated heterocycles. The number of aromatic nitrogens is 2. The van der Waals surface area contributed by atoms with Gasteiger partial charge in [0.15, 0.2) is 0 Å². The van der Waals surface area contributed by atoms with Gasteiger partial charge in [0.05, 0.1) is 13.8 Å². The minimum Gasteiger partial charge on any atom is -0.472 e. The SMILES string of the molecule is CCCN1NCN(c2nnc(OC)s2)C1=O. The Bertz CT molecular complexity index is 382. The first-order valence-corrected chi connectivity index (χ1v) is 5.78. The van der Waals surface area contributed by atoms with Crippen molar-refractivity contribution in [3.8, 4) is 5.19 Å². The third-order valence-corrected chi connectivity index (χ3v) is 3.04. The highest BCUT2D eigenvalue weighted by atomic mass is 32.1. The van der Waals surface area contributed by atoms with Crippen LogP contribution in [0.2, 0.25) is 0 Å². The standard InChI is InChI=1S/C8H13N5O2S/c1-3-4-13-8(14)12(5-9-13)6-10-11-7(15-2)16-6/h9H,3-5H2,1-2H3. The highest BCUT2D eigenvalue weighted by Crippen LogP contribution is 2.27. The summed E-state index contributed by atoms with van der Waals surface area (Å²) >= 11 is 1.25. The molecule has 1 aliphatic heterocycles. The van der Waals surface area contributed by atoms with Gasteiger partial charge in [0, 0.05) is 6.54 Å². The fourth-order valence-electron chi connectivity index (χ4n) is 1.38. The van der Waals surface area contributed by atoms with Crippen LogP contribution < -0.4 is 15.1 Å². The van der Waals surface area contributed by atoms with Gasteiger partial charge in [-0.2, -0.15) is 0 Å². The molecular weight excluding hydrogens is 230 g/mol. The van der Waals surface area contributed by atoms with E-state index in [2.05, 4.69) is 15.6 Å². The zero-order valence-corrected chi connectivity index (χ0v) is 9.95. The number of hydrogen-bond donors (Lipinski definition) is 1. The van der Waals surface area contributed by atoms with E-state index in [4.69, 9.17) is 4.74 Å². The number of hydrazine groups is 1. The van der Waals surface area contributed by atoms with Crippen LogP contribution in [0.1, 0.15) is 13.3 Å². The average molecular weight is 243 g/mol. The normalized spacial score (nSPS) is 16.0. The molecule has 7 nitrogen and oxygen atoms in total. The lowest BCUT2D eigenvalue weighted by atomic mass is 10.5. The number of hydrogen-bond acceptors (Lipinski definition) is 6. The molecule has 0 unspecified atom stereocenters. The van der Waals surface area contributed by atoms with Crippen LogP contribution in [0.25, 0.3) is 0 Å². The van der Waals surface area contributed by atoms with Crippen LogP contribution in [0.3, 0.4) is 0 Å². The predicted molar refractivity (Wildman–Crippen MR) is 59.3 cm³/mol. The molecule has 0 radical (unpaired) electrons. The minimum absolute atomic E-state index is 0.0966. The van der Waals surface area contributed by atoms with E-state index in [-0.39, 0.29) is 6.03 Å². The second-order valence-corrected chi connectivity index (χ2v) is 4.15. The maximum atomic E-state index is 11.9. The van der Waals surface area contributed by atoms with Crippen molar-refractivity contribution in [1.82, 2.24) is 20.6 Å². The number of anilines is 1. The molecule has 8 heteroatoms. The number of carbonyl (C=O) groups excluding carboxylic acids is 1. The number of nitrogens with one attached hydrogen (secondary N) is 1. The van der Waals surface area contributed by atoms with Gasteiger partial charge in [0.25, 0.3) is 5.19 Å². The minimum atomic E-state index is -0.0966. The largest absolute Gasteiger partial charge is 0.472 e. The molecule has 1 aliphatic rings. The molecular formula is C8H13N5O2S. The van der Waals surface area contributed by atoms with Gasteiger partial charge < -0.3 is 4.74 Å². The Morgan fingerprint density at radius 2 is 2.38 bits per heavy atom. The smallest absolute Gasteiger partial charge is 0.341 e. The number of ether oxygens (including phenoxy) is 1. The van der Waals surface area contributed by atoms with Crippen molar-refractivity contribution < 1.29 is 9.53 Å². The third kappa shape index (κ3) is 1.93. The second kappa shape index (κ2) is 4.62. The fraction of sp³-hybridized carbons (Fsp3) is 0.625. The lowest BCUT2D eigenvalue weighted by Gasteiger charge is -2.13. The van der Waals surface area contributed by atoms with Gasteiger partial charge in [-0.05, 0) is 17.8 Å². The molecule has 0 aromatic carbocycles. The Balaban J connectivity index is 2.08. The molecule has 0 spiro atoms. The Morgan fingerprint density at radius 1 is 1.56 bits per heavy atom. The van der Waals surface area contributed by atoms with Gasteiger partial charge in [-0.25, -0.2) is 10.2 Å². The van der Waals surface area contributed by atoms with E-state index in [0.717, 1.165) is 6.42 Å². The highest BCUT2D eigenvalue weighted by Gasteiger charge is 2.31. The van der Waals surface area contributed by atoms with Gasteiger partial charge in [0.1, 0.15) is 0 Å². The number of amides is 2. The maximum absolute atomic E-state index is 11.9. The van der Waals surface area contributed by atoms with Crippen LogP contribution in [0, 0.1) is 0 Å². The summed E-state index contributed by atoms with van der Waals surface area (Å²) in [5.41, 5.74) is 2.99. The van der Waals surface area contributed by atoms with Crippen LogP contribution >= 0.6 is 11.3 Å². The van der Waals surface area contributed by atoms with E-state index < -0.39 is 0 Å². The van der Waals surface area contributed by atoms with E-state index in [1.54, 1.807) is 5.01 Å². The van der Waals surface area contributed by atoms with Crippen LogP contribution in [0.5, 0.6) is 5.19 Å². The molecule has 0 saturated carbocycles. The monoisotopic (exact) mass is 243 g/mol. The molecule has 1 aromatic heterocycles. The van der Waals surface area contributed by atoms with Gasteiger partial charge in [-0.1, -0.05) is 12.0 Å². The Morgan fingerprint density at radius 3 is 3.00 bits per heavy atom. The van der Waals surface area contributed by atoms with Gasteiger partial charge >= 0.3 is 6.03 Å². The Kier molecular flexibility index (Phi) is 3.20. The summed E-state index contributed by atoms with van der Waals surface area (Å²) in [6.45, 7) is 3.13. The van der Waals surface area contributed by atoms with E-state index in [9.17, 15) is 4.79 Å². The van der Waals surface area contributed by atoms with Crippen molar-refractivity contribution in [2.24, 2.45) is 0 Å². The zero-order chi connectivity index (χ0) is 11.5. The Labute approximate surface area is 97.0 Å². The topological polar surface area (TPSA) is 70.6 Å². The lowest BCUT2D eigenvalue weighted by molar-refractivity contribution is 0.203. The first kappa shape index (κ1) is 11.1. The summed E-state index contributed by atoms with van der Waals surface area (Å²) in [6, 6.07) is -0.0966. The average Bonchev–Trinajstić information content (AvgIpc) is 2.87. The lowest BCUT2D eigenvalue weighted by Crippen LogP contribution is -2.35. The van der Waals surface area contributed by atoms with E-state index in [1.807, 2.05) is 6.92 Å². The highest BCUT2D eigenvalue weighted by molar-refractivity contribution is 7.17. The van der Waals surface area contributed by atoms with Crippen LogP contribution in [0.4, 0.5) is 9.93 Å². The molecule has 0 atom stereocenters. The molecule has 1 fully saturated rings. The maximum Gasteiger partial charge on any atom is 0.341 e. The number of rotatable bonds is 4. The molecule has 2 heterocycles. The number of carbonyl (C=O) groups is 1. The third-order valence-electron chi connectivity index (χ3n) is 2.13. The second-order valence-electron chi connectivity index (χ2n) is 3.23. The Hall–Kier alpha value is -1.41. The first-order chi connectivity index (χ1) is 7.76. The first-order valence-electron chi connectivity index (χ1n) is 4.96.